The van der Waals surface area contributed by atoms with Crippen LogP contribution in [0.15, 0.2) is 46.8 Å². The lowest BCUT2D eigenvalue weighted by Gasteiger charge is -2.06. The lowest BCUT2D eigenvalue weighted by Crippen LogP contribution is -2.29. The summed E-state index contributed by atoms with van der Waals surface area (Å²) < 4.78 is 28.2. The van der Waals surface area contributed by atoms with Gasteiger partial charge < -0.3 is 0 Å². The monoisotopic (exact) mass is 409 g/mol. The highest BCUT2D eigenvalue weighted by Crippen LogP contribution is 2.22. The number of amides is 1. The Morgan fingerprint density at radius 3 is 2.85 bits per heavy atom. The fourth-order valence-electron chi connectivity index (χ4n) is 2.19. The van der Waals surface area contributed by atoms with Gasteiger partial charge in [-0.05, 0) is 25.1 Å². The lowest BCUT2D eigenvalue weighted by atomic mass is 10.2. The van der Waals surface area contributed by atoms with Crippen molar-refractivity contribution in [3.8, 4) is 0 Å². The molecule has 0 saturated heterocycles. The largest absolute Gasteiger partial charge is 0.295 e. The molecule has 3 rings (SSSR count). The fraction of sp³-hybridized carbons (Fsp3) is 0.0625. The molecule has 0 aliphatic heterocycles. The van der Waals surface area contributed by atoms with Gasteiger partial charge >= 0.3 is 0 Å². The molecule has 0 saturated carbocycles. The van der Waals surface area contributed by atoms with Crippen LogP contribution in [0.25, 0.3) is 11.0 Å². The average molecular weight is 410 g/mol. The summed E-state index contributed by atoms with van der Waals surface area (Å²) in [5, 5.41) is 2.01. The van der Waals surface area contributed by atoms with Crippen LogP contribution in [0.2, 0.25) is 5.15 Å². The smallest absolute Gasteiger partial charge is 0.264 e. The number of carbonyl (C=O) groups is 2. The number of ketones is 1. The van der Waals surface area contributed by atoms with Crippen LogP contribution in [0.5, 0.6) is 0 Å². The van der Waals surface area contributed by atoms with Gasteiger partial charge in [0.1, 0.15) is 0 Å². The summed E-state index contributed by atoms with van der Waals surface area (Å²) in [7, 11) is -4.10. The molecular weight excluding hydrogens is 398 g/mol. The molecule has 1 aromatic carbocycles. The molecule has 10 heteroatoms. The zero-order chi connectivity index (χ0) is 18.9. The van der Waals surface area contributed by atoms with Gasteiger partial charge in [0.2, 0.25) is 0 Å². The Bertz CT molecular complexity index is 1150. The van der Waals surface area contributed by atoms with Crippen molar-refractivity contribution >= 4 is 55.7 Å². The normalized spacial score (nSPS) is 11.9. The van der Waals surface area contributed by atoms with Crippen LogP contribution < -0.4 is 4.72 Å². The second kappa shape index (κ2) is 7.02. The topological polar surface area (TPSA) is 97.6 Å². The van der Waals surface area contributed by atoms with Gasteiger partial charge in [0.15, 0.2) is 15.9 Å². The lowest BCUT2D eigenvalue weighted by molar-refractivity contribution is -0.114. The van der Waals surface area contributed by atoms with Crippen molar-refractivity contribution in [3.63, 3.8) is 0 Å². The Hall–Kier alpha value is -2.49. The maximum Gasteiger partial charge on any atom is 0.264 e. The van der Waals surface area contributed by atoms with Gasteiger partial charge in [-0.2, -0.15) is 0 Å². The number of hydrogen-bond donors (Lipinski definition) is 1. The predicted octanol–water partition coefficient (Wildman–Crippen LogP) is 2.77. The SMILES string of the molecule is CC(=O)c1cccc(S(=O)(=O)NC(=O)/C=C/c2c(Cl)nc3sccn23)c1. The van der Waals surface area contributed by atoms with Gasteiger partial charge in [-0.1, -0.05) is 23.7 Å². The number of benzene rings is 1. The first-order valence-corrected chi connectivity index (χ1v) is 9.99. The molecule has 1 N–H and O–H groups in total. The standard InChI is InChI=1S/C16H12ClN3O4S2/c1-10(21)11-3-2-4-12(9-11)26(23,24)19-14(22)6-5-13-15(17)18-16-20(13)7-8-25-16/h2-9H,1H3,(H,19,22)/b6-5+. The van der Waals surface area contributed by atoms with Crippen molar-refractivity contribution in [2.45, 2.75) is 11.8 Å². The van der Waals surface area contributed by atoms with E-state index in [-0.39, 0.29) is 21.4 Å². The van der Waals surface area contributed by atoms with Crippen LogP contribution in [0.4, 0.5) is 0 Å². The molecule has 1 amide bonds. The van der Waals surface area contributed by atoms with Crippen LogP contribution in [0.1, 0.15) is 23.0 Å². The number of hydrogen-bond acceptors (Lipinski definition) is 6. The first-order chi connectivity index (χ1) is 12.3. The van der Waals surface area contributed by atoms with Crippen molar-refractivity contribution < 1.29 is 18.0 Å². The van der Waals surface area contributed by atoms with Crippen LogP contribution in [-0.2, 0) is 14.8 Å². The molecular formula is C16H12ClN3O4S2. The number of Topliss-reactive ketones (excluding diaryl/α,β-unsaturated/α-hetero) is 1. The first-order valence-electron chi connectivity index (χ1n) is 7.25. The van der Waals surface area contributed by atoms with Gasteiger partial charge in [-0.15, -0.1) is 11.3 Å². The van der Waals surface area contributed by atoms with E-state index in [9.17, 15) is 18.0 Å². The molecule has 7 nitrogen and oxygen atoms in total. The molecule has 0 aliphatic rings. The van der Waals surface area contributed by atoms with Gasteiger partial charge in [0.05, 0.1) is 10.6 Å². The third kappa shape index (κ3) is 3.69. The van der Waals surface area contributed by atoms with Gasteiger partial charge in [-0.3, -0.25) is 14.0 Å². The number of sulfonamides is 1. The number of thiazole rings is 1. The molecule has 0 unspecified atom stereocenters. The second-order valence-corrected chi connectivity index (χ2v) is 8.14. The average Bonchev–Trinajstić information content (AvgIpc) is 3.13. The zero-order valence-corrected chi connectivity index (χ0v) is 15.7. The van der Waals surface area contributed by atoms with E-state index in [2.05, 4.69) is 4.98 Å². The predicted molar refractivity (Wildman–Crippen MR) is 98.9 cm³/mol. The van der Waals surface area contributed by atoms with E-state index in [1.165, 1.54) is 48.6 Å². The Kier molecular flexibility index (Phi) is 4.94. The maximum absolute atomic E-state index is 12.3. The Morgan fingerprint density at radius 2 is 2.12 bits per heavy atom. The van der Waals surface area contributed by atoms with Crippen molar-refractivity contribution in [3.05, 3.63) is 58.3 Å². The minimum absolute atomic E-state index is 0.172. The quantitative estimate of drug-likeness (QED) is 0.516. The van der Waals surface area contributed by atoms with Crippen LogP contribution in [0, 0.1) is 0 Å². The van der Waals surface area contributed by atoms with E-state index in [1.54, 1.807) is 10.6 Å². The summed E-state index contributed by atoms with van der Waals surface area (Å²) in [5.74, 6) is -1.12. The molecule has 0 radical (unpaired) electrons. The highest BCUT2D eigenvalue weighted by atomic mass is 35.5. The number of fused-ring (bicyclic) bond motifs is 1. The first kappa shape index (κ1) is 18.3. The highest BCUT2D eigenvalue weighted by Gasteiger charge is 2.17. The molecule has 0 atom stereocenters. The molecule has 26 heavy (non-hydrogen) atoms. The molecule has 2 heterocycles. The van der Waals surface area contributed by atoms with Gasteiger partial charge in [0, 0.05) is 23.2 Å². The Balaban J connectivity index is 1.81. The van der Waals surface area contributed by atoms with E-state index in [0.717, 1.165) is 6.08 Å². The fourth-order valence-corrected chi connectivity index (χ4v) is 4.18. The number of nitrogens with zero attached hydrogens (tertiary/aromatic N) is 2. The van der Waals surface area contributed by atoms with Gasteiger partial charge in [-0.25, -0.2) is 18.1 Å². The Labute approximate surface area is 158 Å². The van der Waals surface area contributed by atoms with Crippen LogP contribution in [-0.4, -0.2) is 29.5 Å². The maximum atomic E-state index is 12.3. The molecule has 0 spiro atoms. The summed E-state index contributed by atoms with van der Waals surface area (Å²) >= 11 is 7.39. The third-order valence-corrected chi connectivity index (χ3v) is 5.81. The van der Waals surface area contributed by atoms with Gasteiger partial charge in [0.25, 0.3) is 15.9 Å². The summed E-state index contributed by atoms with van der Waals surface area (Å²) in [6, 6.07) is 5.45. The van der Waals surface area contributed by atoms with E-state index in [4.69, 9.17) is 11.6 Å². The van der Waals surface area contributed by atoms with Crippen LogP contribution >= 0.6 is 22.9 Å². The molecule has 0 fully saturated rings. The number of halogens is 1. The molecule has 134 valence electrons. The number of rotatable bonds is 5. The summed E-state index contributed by atoms with van der Waals surface area (Å²) in [5.41, 5.74) is 0.704. The number of imidazole rings is 1. The van der Waals surface area contributed by atoms with Crippen molar-refractivity contribution in [1.82, 2.24) is 14.1 Å². The molecule has 3 aromatic rings. The van der Waals surface area contributed by atoms with E-state index < -0.39 is 15.9 Å². The van der Waals surface area contributed by atoms with E-state index >= 15 is 0 Å². The summed E-state index contributed by atoms with van der Waals surface area (Å²) in [4.78, 5) is 28.0. The zero-order valence-electron chi connectivity index (χ0n) is 13.3. The molecule has 2 aromatic heterocycles. The molecule has 0 bridgehead atoms. The minimum atomic E-state index is -4.10. The molecule has 0 aliphatic carbocycles. The number of nitrogens with one attached hydrogen (secondary N) is 1. The van der Waals surface area contributed by atoms with E-state index in [1.807, 2.05) is 10.1 Å². The van der Waals surface area contributed by atoms with Crippen molar-refractivity contribution in [1.29, 1.82) is 0 Å². The van der Waals surface area contributed by atoms with Crippen molar-refractivity contribution in [2.75, 3.05) is 0 Å². The number of aromatic nitrogens is 2. The highest BCUT2D eigenvalue weighted by molar-refractivity contribution is 7.90. The minimum Gasteiger partial charge on any atom is -0.295 e. The van der Waals surface area contributed by atoms with Crippen molar-refractivity contribution in [2.24, 2.45) is 0 Å². The third-order valence-electron chi connectivity index (χ3n) is 3.43. The second-order valence-electron chi connectivity index (χ2n) is 5.23. The summed E-state index contributed by atoms with van der Waals surface area (Å²) in [6.07, 6.45) is 4.17. The van der Waals surface area contributed by atoms with E-state index in [0.29, 0.717) is 10.7 Å². The van der Waals surface area contributed by atoms with Crippen LogP contribution in [0.3, 0.4) is 0 Å². The summed E-state index contributed by atoms with van der Waals surface area (Å²) in [6.45, 7) is 1.33. The number of carbonyl (C=O) groups excluding carboxylic acids is 2. The Morgan fingerprint density at radius 1 is 1.35 bits per heavy atom.